The van der Waals surface area contributed by atoms with Gasteiger partial charge in [-0.05, 0) is 30.7 Å². The van der Waals surface area contributed by atoms with Gasteiger partial charge in [0.15, 0.2) is 0 Å². The van der Waals surface area contributed by atoms with E-state index in [4.69, 9.17) is 4.74 Å². The van der Waals surface area contributed by atoms with Crippen LogP contribution in [0, 0.1) is 0 Å². The summed E-state index contributed by atoms with van der Waals surface area (Å²) in [5.74, 6) is 0.587. The van der Waals surface area contributed by atoms with Crippen molar-refractivity contribution in [3.05, 3.63) is 54.1 Å². The van der Waals surface area contributed by atoms with Gasteiger partial charge in [0.25, 0.3) is 0 Å². The van der Waals surface area contributed by atoms with Gasteiger partial charge < -0.3 is 4.74 Å². The van der Waals surface area contributed by atoms with Crippen molar-refractivity contribution >= 4 is 0 Å². The molecule has 0 aromatic heterocycles. The van der Waals surface area contributed by atoms with Crippen molar-refractivity contribution in [2.45, 2.75) is 13.1 Å². The summed E-state index contributed by atoms with van der Waals surface area (Å²) >= 11 is 0. The highest BCUT2D eigenvalue weighted by atomic mass is 19.4. The molecule has 0 aliphatic heterocycles. The number of rotatable bonds is 3. The van der Waals surface area contributed by atoms with E-state index in [1.54, 1.807) is 30.3 Å². The first-order valence-electron chi connectivity index (χ1n) is 5.92. The van der Waals surface area contributed by atoms with Gasteiger partial charge in [-0.3, -0.25) is 0 Å². The minimum atomic E-state index is -4.34. The summed E-state index contributed by atoms with van der Waals surface area (Å²) in [6.45, 7) is 2.30. The Kier molecular flexibility index (Phi) is 3.79. The lowest BCUT2D eigenvalue weighted by molar-refractivity contribution is -0.137. The minimum absolute atomic E-state index is 0.468. The van der Waals surface area contributed by atoms with Crippen LogP contribution >= 0.6 is 0 Å². The molecule has 0 saturated heterocycles. The number of hydrogen-bond acceptors (Lipinski definition) is 1. The second-order valence-corrected chi connectivity index (χ2v) is 4.01. The standard InChI is InChI=1S/C15H13F3O/c1-2-19-14-9-4-3-8-13(14)11-6-5-7-12(10-11)15(16,17)18/h3-10H,2H2,1H3. The van der Waals surface area contributed by atoms with E-state index in [0.717, 1.165) is 12.1 Å². The predicted molar refractivity (Wildman–Crippen MR) is 68.0 cm³/mol. The van der Waals surface area contributed by atoms with Crippen LogP contribution in [0.15, 0.2) is 48.5 Å². The molecular weight excluding hydrogens is 253 g/mol. The van der Waals surface area contributed by atoms with Crippen molar-refractivity contribution < 1.29 is 17.9 Å². The molecule has 4 heteroatoms. The highest BCUT2D eigenvalue weighted by molar-refractivity contribution is 5.71. The van der Waals surface area contributed by atoms with Crippen LogP contribution < -0.4 is 4.74 Å². The van der Waals surface area contributed by atoms with Gasteiger partial charge >= 0.3 is 6.18 Å². The number of hydrogen-bond donors (Lipinski definition) is 0. The zero-order valence-corrected chi connectivity index (χ0v) is 10.4. The lowest BCUT2D eigenvalue weighted by Crippen LogP contribution is -2.04. The van der Waals surface area contributed by atoms with Crippen LogP contribution in [0.4, 0.5) is 13.2 Å². The van der Waals surface area contributed by atoms with Gasteiger partial charge in [-0.15, -0.1) is 0 Å². The summed E-state index contributed by atoms with van der Waals surface area (Å²) in [5.41, 5.74) is 0.505. The molecule has 0 saturated carbocycles. The minimum Gasteiger partial charge on any atom is -0.493 e. The average molecular weight is 266 g/mol. The zero-order chi connectivity index (χ0) is 13.9. The van der Waals surface area contributed by atoms with E-state index in [1.807, 2.05) is 6.92 Å². The Balaban J connectivity index is 2.48. The molecule has 0 radical (unpaired) electrons. The Morgan fingerprint density at radius 3 is 2.42 bits per heavy atom. The third-order valence-corrected chi connectivity index (χ3v) is 2.69. The topological polar surface area (TPSA) is 9.23 Å². The molecule has 0 unspecified atom stereocenters. The Bertz CT molecular complexity index is 561. The van der Waals surface area contributed by atoms with Crippen molar-refractivity contribution in [1.29, 1.82) is 0 Å². The number of ether oxygens (including phenoxy) is 1. The van der Waals surface area contributed by atoms with E-state index in [0.29, 0.717) is 23.5 Å². The van der Waals surface area contributed by atoms with E-state index >= 15 is 0 Å². The summed E-state index contributed by atoms with van der Waals surface area (Å²) in [6.07, 6.45) is -4.34. The molecule has 0 fully saturated rings. The first kappa shape index (κ1) is 13.5. The van der Waals surface area contributed by atoms with Gasteiger partial charge in [0.1, 0.15) is 5.75 Å². The molecular formula is C15H13F3O. The fourth-order valence-corrected chi connectivity index (χ4v) is 1.85. The molecule has 2 rings (SSSR count). The van der Waals surface area contributed by atoms with Gasteiger partial charge in [0.05, 0.1) is 12.2 Å². The molecule has 0 spiro atoms. The van der Waals surface area contributed by atoms with E-state index in [-0.39, 0.29) is 0 Å². The summed E-state index contributed by atoms with van der Waals surface area (Å²) in [7, 11) is 0. The molecule has 1 nitrogen and oxygen atoms in total. The first-order chi connectivity index (χ1) is 9.02. The Morgan fingerprint density at radius 1 is 1.00 bits per heavy atom. The Labute approximate surface area is 109 Å². The van der Waals surface area contributed by atoms with Gasteiger partial charge in [-0.1, -0.05) is 30.3 Å². The molecule has 0 heterocycles. The predicted octanol–water partition coefficient (Wildman–Crippen LogP) is 4.77. The molecule has 0 aliphatic rings. The number of benzene rings is 2. The van der Waals surface area contributed by atoms with Crippen molar-refractivity contribution in [3.63, 3.8) is 0 Å². The fourth-order valence-electron chi connectivity index (χ4n) is 1.85. The lowest BCUT2D eigenvalue weighted by atomic mass is 10.0. The van der Waals surface area contributed by atoms with Crippen molar-refractivity contribution in [1.82, 2.24) is 0 Å². The molecule has 0 N–H and O–H groups in total. The third-order valence-electron chi connectivity index (χ3n) is 2.69. The van der Waals surface area contributed by atoms with Gasteiger partial charge in [0.2, 0.25) is 0 Å². The smallest absolute Gasteiger partial charge is 0.416 e. The van der Waals surface area contributed by atoms with Crippen LogP contribution in [0.1, 0.15) is 12.5 Å². The third kappa shape index (κ3) is 3.08. The summed E-state index contributed by atoms with van der Waals surface area (Å²) < 4.78 is 43.5. The monoisotopic (exact) mass is 266 g/mol. The molecule has 0 bridgehead atoms. The van der Waals surface area contributed by atoms with E-state index in [9.17, 15) is 13.2 Å². The number of alkyl halides is 3. The molecule has 0 atom stereocenters. The second kappa shape index (κ2) is 5.34. The quantitative estimate of drug-likeness (QED) is 0.777. The van der Waals surface area contributed by atoms with Crippen molar-refractivity contribution in [2.75, 3.05) is 6.61 Å². The molecule has 100 valence electrons. The van der Waals surface area contributed by atoms with Crippen molar-refractivity contribution in [3.8, 4) is 16.9 Å². The van der Waals surface area contributed by atoms with Crippen LogP contribution in [-0.2, 0) is 6.18 Å². The average Bonchev–Trinajstić information content (AvgIpc) is 2.39. The fraction of sp³-hybridized carbons (Fsp3) is 0.200. The maximum absolute atomic E-state index is 12.7. The Morgan fingerprint density at radius 2 is 1.74 bits per heavy atom. The molecule has 0 amide bonds. The molecule has 2 aromatic rings. The summed E-state index contributed by atoms with van der Waals surface area (Å²) in [5, 5.41) is 0. The number of halogens is 3. The van der Waals surface area contributed by atoms with E-state index in [2.05, 4.69) is 0 Å². The highest BCUT2D eigenvalue weighted by Gasteiger charge is 2.30. The van der Waals surface area contributed by atoms with Crippen LogP contribution in [0.5, 0.6) is 5.75 Å². The molecule has 0 aliphatic carbocycles. The van der Waals surface area contributed by atoms with Crippen LogP contribution in [-0.4, -0.2) is 6.61 Å². The summed E-state index contributed by atoms with van der Waals surface area (Å²) in [4.78, 5) is 0. The maximum atomic E-state index is 12.7. The van der Waals surface area contributed by atoms with Crippen LogP contribution in [0.2, 0.25) is 0 Å². The molecule has 19 heavy (non-hydrogen) atoms. The second-order valence-electron chi connectivity index (χ2n) is 4.01. The highest BCUT2D eigenvalue weighted by Crippen LogP contribution is 2.35. The van der Waals surface area contributed by atoms with Gasteiger partial charge in [-0.2, -0.15) is 13.2 Å². The van der Waals surface area contributed by atoms with Crippen LogP contribution in [0.25, 0.3) is 11.1 Å². The van der Waals surface area contributed by atoms with E-state index in [1.165, 1.54) is 6.07 Å². The Hall–Kier alpha value is -1.97. The zero-order valence-electron chi connectivity index (χ0n) is 10.4. The van der Waals surface area contributed by atoms with Crippen LogP contribution in [0.3, 0.4) is 0 Å². The molecule has 2 aromatic carbocycles. The SMILES string of the molecule is CCOc1ccccc1-c1cccc(C(F)(F)F)c1. The van der Waals surface area contributed by atoms with E-state index < -0.39 is 11.7 Å². The van der Waals surface area contributed by atoms with Gasteiger partial charge in [0, 0.05) is 5.56 Å². The lowest BCUT2D eigenvalue weighted by Gasteiger charge is -2.12. The maximum Gasteiger partial charge on any atom is 0.416 e. The summed E-state index contributed by atoms with van der Waals surface area (Å²) in [6, 6.07) is 12.3. The van der Waals surface area contributed by atoms with Gasteiger partial charge in [-0.25, -0.2) is 0 Å². The number of para-hydroxylation sites is 1. The van der Waals surface area contributed by atoms with Crippen molar-refractivity contribution in [2.24, 2.45) is 0 Å². The largest absolute Gasteiger partial charge is 0.493 e. The normalized spacial score (nSPS) is 11.4. The first-order valence-corrected chi connectivity index (χ1v) is 5.92.